The molecule has 0 aliphatic rings. The van der Waals surface area contributed by atoms with Crippen molar-refractivity contribution in [1.29, 1.82) is 0 Å². The number of rotatable bonds is 6. The van der Waals surface area contributed by atoms with Crippen LogP contribution in [0.2, 0.25) is 10.0 Å². The molecule has 148 valence electrons. The summed E-state index contributed by atoms with van der Waals surface area (Å²) < 4.78 is 5.59. The average molecular weight is 433 g/mol. The standard InChI is InChI=1S/C19H14Cl2N4O4/c20-14-4-1-13(17(21)9-14)10-22-19(26)24-23-11-16-7-8-18(29-16)12-2-5-15(6-3-12)25(27)28/h1-9,11H,10H2,(H2,22,24,26)/b23-11+. The van der Waals surface area contributed by atoms with Crippen LogP contribution >= 0.6 is 23.2 Å². The topological polar surface area (TPSA) is 110 Å². The van der Waals surface area contributed by atoms with Gasteiger partial charge in [0.25, 0.3) is 5.69 Å². The number of carbonyl (C=O) groups is 1. The van der Waals surface area contributed by atoms with Gasteiger partial charge in [0.15, 0.2) is 0 Å². The Labute approximate surface area is 175 Å². The fourth-order valence-electron chi connectivity index (χ4n) is 2.36. The molecule has 0 bridgehead atoms. The molecule has 0 saturated heterocycles. The normalized spacial score (nSPS) is 10.8. The highest BCUT2D eigenvalue weighted by Crippen LogP contribution is 2.24. The predicted octanol–water partition coefficient (Wildman–Crippen LogP) is 4.99. The third kappa shape index (κ3) is 5.56. The summed E-state index contributed by atoms with van der Waals surface area (Å²) in [6.07, 6.45) is 1.34. The van der Waals surface area contributed by atoms with E-state index < -0.39 is 11.0 Å². The van der Waals surface area contributed by atoms with Gasteiger partial charge < -0.3 is 9.73 Å². The number of carbonyl (C=O) groups excluding carboxylic acids is 1. The zero-order valence-electron chi connectivity index (χ0n) is 14.8. The van der Waals surface area contributed by atoms with Gasteiger partial charge in [-0.3, -0.25) is 10.1 Å². The number of furan rings is 1. The van der Waals surface area contributed by atoms with Gasteiger partial charge in [-0.1, -0.05) is 29.3 Å². The van der Waals surface area contributed by atoms with E-state index in [1.807, 2.05) is 0 Å². The second kappa shape index (κ2) is 9.22. The summed E-state index contributed by atoms with van der Waals surface area (Å²) in [4.78, 5) is 22.0. The number of halogens is 2. The Morgan fingerprint density at radius 1 is 1.14 bits per heavy atom. The molecule has 0 fully saturated rings. The lowest BCUT2D eigenvalue weighted by Gasteiger charge is -2.06. The molecule has 1 heterocycles. The first-order chi connectivity index (χ1) is 13.9. The van der Waals surface area contributed by atoms with Crippen molar-refractivity contribution < 1.29 is 14.1 Å². The summed E-state index contributed by atoms with van der Waals surface area (Å²) in [6.45, 7) is 0.211. The number of non-ortho nitro benzene ring substituents is 1. The molecular weight excluding hydrogens is 419 g/mol. The Kier molecular flexibility index (Phi) is 6.48. The van der Waals surface area contributed by atoms with Crippen LogP contribution in [0.4, 0.5) is 10.5 Å². The molecule has 0 radical (unpaired) electrons. The number of hydrogen-bond acceptors (Lipinski definition) is 5. The number of nitro benzene ring substituents is 1. The Hall–Kier alpha value is -3.36. The molecule has 2 amide bonds. The molecule has 2 N–H and O–H groups in total. The van der Waals surface area contributed by atoms with Crippen molar-refractivity contribution in [2.45, 2.75) is 6.54 Å². The highest BCUT2D eigenvalue weighted by Gasteiger charge is 2.08. The van der Waals surface area contributed by atoms with Crippen LogP contribution in [0.15, 0.2) is 64.1 Å². The molecule has 1 aromatic heterocycles. The van der Waals surface area contributed by atoms with Gasteiger partial charge in [0.2, 0.25) is 0 Å². The van der Waals surface area contributed by atoms with E-state index in [9.17, 15) is 14.9 Å². The number of nitrogens with one attached hydrogen (secondary N) is 2. The second-order valence-electron chi connectivity index (χ2n) is 5.79. The van der Waals surface area contributed by atoms with Crippen molar-refractivity contribution in [2.75, 3.05) is 0 Å². The third-order valence-electron chi connectivity index (χ3n) is 3.80. The van der Waals surface area contributed by atoms with E-state index in [1.54, 1.807) is 42.5 Å². The summed E-state index contributed by atoms with van der Waals surface area (Å²) in [5.41, 5.74) is 3.71. The number of hydrazone groups is 1. The number of urea groups is 1. The number of benzene rings is 2. The maximum Gasteiger partial charge on any atom is 0.335 e. The summed E-state index contributed by atoms with van der Waals surface area (Å²) in [6, 6.07) is 13.8. The van der Waals surface area contributed by atoms with E-state index in [-0.39, 0.29) is 12.2 Å². The average Bonchev–Trinajstić information content (AvgIpc) is 3.16. The molecule has 3 aromatic rings. The van der Waals surface area contributed by atoms with Crippen molar-refractivity contribution in [1.82, 2.24) is 10.7 Å². The molecule has 2 aromatic carbocycles. The SMILES string of the molecule is O=C(NCc1ccc(Cl)cc1Cl)N/N=C/c1ccc(-c2ccc([N+](=O)[O-])cc2)o1. The molecule has 0 saturated carbocycles. The van der Waals surface area contributed by atoms with E-state index in [2.05, 4.69) is 15.8 Å². The molecule has 29 heavy (non-hydrogen) atoms. The van der Waals surface area contributed by atoms with Crippen LogP contribution in [0.1, 0.15) is 11.3 Å². The summed E-state index contributed by atoms with van der Waals surface area (Å²) >= 11 is 11.9. The van der Waals surface area contributed by atoms with Crippen molar-refractivity contribution in [3.05, 3.63) is 86.1 Å². The quantitative estimate of drug-likeness (QED) is 0.324. The van der Waals surface area contributed by atoms with Gasteiger partial charge in [-0.2, -0.15) is 5.10 Å². The minimum atomic E-state index is -0.519. The number of amides is 2. The molecule has 10 heteroatoms. The fraction of sp³-hybridized carbons (Fsp3) is 0.0526. The van der Waals surface area contributed by atoms with E-state index in [0.29, 0.717) is 32.7 Å². The summed E-state index contributed by atoms with van der Waals surface area (Å²) in [5.74, 6) is 0.919. The number of nitro groups is 1. The van der Waals surface area contributed by atoms with Crippen molar-refractivity contribution in [3.8, 4) is 11.3 Å². The zero-order valence-corrected chi connectivity index (χ0v) is 16.3. The van der Waals surface area contributed by atoms with Crippen LogP contribution < -0.4 is 10.7 Å². The van der Waals surface area contributed by atoms with E-state index in [0.717, 1.165) is 0 Å². The largest absolute Gasteiger partial charge is 0.455 e. The summed E-state index contributed by atoms with van der Waals surface area (Å²) in [5, 5.41) is 18.1. The van der Waals surface area contributed by atoms with Crippen molar-refractivity contribution in [3.63, 3.8) is 0 Å². The van der Waals surface area contributed by atoms with Gasteiger partial charge in [-0.05, 0) is 42.0 Å². The van der Waals surface area contributed by atoms with E-state index in [1.165, 1.54) is 18.3 Å². The fourth-order valence-corrected chi connectivity index (χ4v) is 2.83. The third-order valence-corrected chi connectivity index (χ3v) is 4.39. The predicted molar refractivity (Wildman–Crippen MR) is 110 cm³/mol. The lowest BCUT2D eigenvalue weighted by Crippen LogP contribution is -2.31. The maximum atomic E-state index is 11.8. The number of nitrogens with zero attached hydrogens (tertiary/aromatic N) is 2. The Balaban J connectivity index is 1.52. The highest BCUT2D eigenvalue weighted by atomic mass is 35.5. The molecule has 0 atom stereocenters. The second-order valence-corrected chi connectivity index (χ2v) is 6.64. The molecule has 0 spiro atoms. The zero-order chi connectivity index (χ0) is 20.8. The van der Waals surface area contributed by atoms with Gasteiger partial charge in [0, 0.05) is 34.3 Å². The van der Waals surface area contributed by atoms with Crippen molar-refractivity contribution in [2.24, 2.45) is 5.10 Å². The first-order valence-electron chi connectivity index (χ1n) is 8.28. The Morgan fingerprint density at radius 2 is 1.90 bits per heavy atom. The van der Waals surface area contributed by atoms with Crippen LogP contribution in [-0.4, -0.2) is 17.2 Å². The summed E-state index contributed by atoms with van der Waals surface area (Å²) in [7, 11) is 0. The van der Waals surface area contributed by atoms with Gasteiger partial charge in [-0.15, -0.1) is 0 Å². The van der Waals surface area contributed by atoms with E-state index >= 15 is 0 Å². The Bertz CT molecular complexity index is 1060. The van der Waals surface area contributed by atoms with Gasteiger partial charge in [0.05, 0.1) is 11.1 Å². The molecular formula is C19H14Cl2N4O4. The number of hydrogen-bond donors (Lipinski definition) is 2. The van der Waals surface area contributed by atoms with Crippen LogP contribution in [0.3, 0.4) is 0 Å². The minimum absolute atomic E-state index is 0.00260. The Morgan fingerprint density at radius 3 is 2.59 bits per heavy atom. The smallest absolute Gasteiger partial charge is 0.335 e. The maximum absolute atomic E-state index is 11.8. The molecule has 0 aliphatic carbocycles. The molecule has 0 unspecified atom stereocenters. The first-order valence-corrected chi connectivity index (χ1v) is 9.03. The minimum Gasteiger partial charge on any atom is -0.455 e. The lowest BCUT2D eigenvalue weighted by atomic mass is 10.1. The lowest BCUT2D eigenvalue weighted by molar-refractivity contribution is -0.384. The monoisotopic (exact) mass is 432 g/mol. The first kappa shape index (κ1) is 20.4. The van der Waals surface area contributed by atoms with Crippen molar-refractivity contribution >= 4 is 41.1 Å². The van der Waals surface area contributed by atoms with Crippen LogP contribution in [0.5, 0.6) is 0 Å². The van der Waals surface area contributed by atoms with Crippen LogP contribution in [0, 0.1) is 10.1 Å². The van der Waals surface area contributed by atoms with Crippen LogP contribution in [-0.2, 0) is 6.54 Å². The highest BCUT2D eigenvalue weighted by molar-refractivity contribution is 6.35. The van der Waals surface area contributed by atoms with Crippen LogP contribution in [0.25, 0.3) is 11.3 Å². The van der Waals surface area contributed by atoms with E-state index in [4.69, 9.17) is 27.6 Å². The molecule has 3 rings (SSSR count). The van der Waals surface area contributed by atoms with Gasteiger partial charge in [0.1, 0.15) is 11.5 Å². The molecule has 0 aliphatic heterocycles. The molecule has 8 nitrogen and oxygen atoms in total. The van der Waals surface area contributed by atoms with Gasteiger partial charge >= 0.3 is 6.03 Å². The van der Waals surface area contributed by atoms with Gasteiger partial charge in [-0.25, -0.2) is 10.2 Å².